The van der Waals surface area contributed by atoms with Crippen molar-refractivity contribution in [3.63, 3.8) is 0 Å². The predicted octanol–water partition coefficient (Wildman–Crippen LogP) is 3.88. The molecule has 0 unspecified atom stereocenters. The van der Waals surface area contributed by atoms with Crippen molar-refractivity contribution >= 4 is 45.6 Å². The number of fused-ring (bicyclic) bond motifs is 1. The third-order valence-electron chi connectivity index (χ3n) is 4.04. The minimum absolute atomic E-state index is 0.137. The molecular formula is C19H16Cl2N4O2. The van der Waals surface area contributed by atoms with Crippen LogP contribution in [0.4, 0.5) is 0 Å². The molecule has 1 amide bonds. The zero-order valence-electron chi connectivity index (χ0n) is 14.7. The van der Waals surface area contributed by atoms with Crippen molar-refractivity contribution in [1.82, 2.24) is 15.2 Å². The molecule has 0 saturated heterocycles. The Morgan fingerprint density at radius 3 is 2.52 bits per heavy atom. The average molecular weight is 403 g/mol. The molecule has 0 spiro atoms. The van der Waals surface area contributed by atoms with Gasteiger partial charge in [-0.2, -0.15) is 10.2 Å². The summed E-state index contributed by atoms with van der Waals surface area (Å²) in [4.78, 5) is 25.0. The molecule has 1 N–H and O–H groups in total. The van der Waals surface area contributed by atoms with Crippen LogP contribution in [0.3, 0.4) is 0 Å². The Bertz CT molecular complexity index is 1120. The molecule has 0 aliphatic heterocycles. The van der Waals surface area contributed by atoms with Gasteiger partial charge in [-0.15, -0.1) is 0 Å². The lowest BCUT2D eigenvalue weighted by molar-refractivity contribution is 0.0949. The van der Waals surface area contributed by atoms with Crippen LogP contribution < -0.4 is 11.0 Å². The van der Waals surface area contributed by atoms with E-state index in [2.05, 4.69) is 15.6 Å². The van der Waals surface area contributed by atoms with E-state index < -0.39 is 5.91 Å². The third-order valence-corrected chi connectivity index (χ3v) is 4.78. The van der Waals surface area contributed by atoms with Gasteiger partial charge >= 0.3 is 0 Å². The number of carbonyl (C=O) groups excluding carboxylic acids is 1. The summed E-state index contributed by atoms with van der Waals surface area (Å²) < 4.78 is 1.26. The van der Waals surface area contributed by atoms with Gasteiger partial charge in [-0.3, -0.25) is 9.59 Å². The maximum atomic E-state index is 12.7. The van der Waals surface area contributed by atoms with Gasteiger partial charge in [-0.1, -0.05) is 47.5 Å². The van der Waals surface area contributed by atoms with Crippen molar-refractivity contribution in [3.8, 4) is 0 Å². The van der Waals surface area contributed by atoms with E-state index in [1.807, 2.05) is 0 Å². The standard InChI is InChI=1S/C19H16Cl2N4O2/c1-3-25-19(27)14-7-5-4-6-13(14)17(24-25)18(26)23-22-11(2)12-8-9-15(20)16(21)10-12/h4-10H,3H2,1-2H3,(H,23,26)/b22-11+. The highest BCUT2D eigenvalue weighted by atomic mass is 35.5. The number of hydrogen-bond donors (Lipinski definition) is 1. The fourth-order valence-corrected chi connectivity index (χ4v) is 2.89. The van der Waals surface area contributed by atoms with E-state index in [1.165, 1.54) is 4.68 Å². The molecule has 0 fully saturated rings. The van der Waals surface area contributed by atoms with Gasteiger partial charge < -0.3 is 0 Å². The number of carbonyl (C=O) groups is 1. The van der Waals surface area contributed by atoms with Gasteiger partial charge in [0, 0.05) is 11.9 Å². The van der Waals surface area contributed by atoms with E-state index in [0.717, 1.165) is 5.56 Å². The third kappa shape index (κ3) is 3.86. The summed E-state index contributed by atoms with van der Waals surface area (Å²) in [5.74, 6) is -0.507. The maximum absolute atomic E-state index is 12.7. The van der Waals surface area contributed by atoms with E-state index in [1.54, 1.807) is 56.3 Å². The second kappa shape index (κ2) is 7.90. The predicted molar refractivity (Wildman–Crippen MR) is 108 cm³/mol. The number of hydrazone groups is 1. The molecule has 0 atom stereocenters. The zero-order valence-corrected chi connectivity index (χ0v) is 16.2. The van der Waals surface area contributed by atoms with Crippen molar-refractivity contribution < 1.29 is 4.79 Å². The first-order chi connectivity index (χ1) is 12.9. The molecule has 138 valence electrons. The van der Waals surface area contributed by atoms with Gasteiger partial charge in [-0.05, 0) is 37.6 Å². The Hall–Kier alpha value is -2.70. The molecule has 3 aromatic rings. The van der Waals surface area contributed by atoms with Gasteiger partial charge in [0.05, 0.1) is 21.1 Å². The van der Waals surface area contributed by atoms with E-state index in [4.69, 9.17) is 23.2 Å². The second-order valence-corrected chi connectivity index (χ2v) is 6.60. The average Bonchev–Trinajstić information content (AvgIpc) is 2.68. The number of nitrogens with one attached hydrogen (secondary N) is 1. The van der Waals surface area contributed by atoms with Crippen molar-refractivity contribution in [2.24, 2.45) is 5.10 Å². The molecule has 0 saturated carbocycles. The lowest BCUT2D eigenvalue weighted by Crippen LogP contribution is -2.28. The maximum Gasteiger partial charge on any atom is 0.292 e. The van der Waals surface area contributed by atoms with Crippen LogP contribution in [0.2, 0.25) is 10.0 Å². The summed E-state index contributed by atoms with van der Waals surface area (Å²) in [6, 6.07) is 11.9. The van der Waals surface area contributed by atoms with Gasteiger partial charge in [-0.25, -0.2) is 10.1 Å². The first kappa shape index (κ1) is 19.1. The van der Waals surface area contributed by atoms with Crippen LogP contribution >= 0.6 is 23.2 Å². The molecule has 0 bridgehead atoms. The minimum atomic E-state index is -0.507. The van der Waals surface area contributed by atoms with Crippen LogP contribution in [0.1, 0.15) is 29.9 Å². The quantitative estimate of drug-likeness (QED) is 0.531. The number of benzene rings is 2. The Morgan fingerprint density at radius 2 is 1.85 bits per heavy atom. The molecule has 3 rings (SSSR count). The molecule has 1 aromatic heterocycles. The van der Waals surface area contributed by atoms with Crippen LogP contribution in [-0.2, 0) is 6.54 Å². The normalized spacial score (nSPS) is 11.6. The second-order valence-electron chi connectivity index (χ2n) is 5.78. The van der Waals surface area contributed by atoms with E-state index >= 15 is 0 Å². The molecular weight excluding hydrogens is 387 g/mol. The van der Waals surface area contributed by atoms with E-state index in [0.29, 0.717) is 33.1 Å². The Morgan fingerprint density at radius 1 is 1.15 bits per heavy atom. The highest BCUT2D eigenvalue weighted by Crippen LogP contribution is 2.22. The number of aromatic nitrogens is 2. The van der Waals surface area contributed by atoms with Crippen LogP contribution in [-0.4, -0.2) is 21.4 Å². The molecule has 0 radical (unpaired) electrons. The summed E-state index contributed by atoms with van der Waals surface area (Å²) in [6.07, 6.45) is 0. The highest BCUT2D eigenvalue weighted by molar-refractivity contribution is 6.42. The molecule has 1 heterocycles. The van der Waals surface area contributed by atoms with E-state index in [-0.39, 0.29) is 11.3 Å². The Kier molecular flexibility index (Phi) is 5.58. The van der Waals surface area contributed by atoms with Gasteiger partial charge in [0.25, 0.3) is 11.5 Å². The number of halogens is 2. The van der Waals surface area contributed by atoms with Crippen molar-refractivity contribution in [2.45, 2.75) is 20.4 Å². The molecule has 27 heavy (non-hydrogen) atoms. The zero-order chi connectivity index (χ0) is 19.6. The summed E-state index contributed by atoms with van der Waals surface area (Å²) in [7, 11) is 0. The lowest BCUT2D eigenvalue weighted by atomic mass is 10.1. The topological polar surface area (TPSA) is 76.3 Å². The van der Waals surface area contributed by atoms with Crippen LogP contribution in [0.5, 0.6) is 0 Å². The van der Waals surface area contributed by atoms with Crippen molar-refractivity contribution in [1.29, 1.82) is 0 Å². The molecule has 0 aliphatic rings. The van der Waals surface area contributed by atoms with Crippen molar-refractivity contribution in [3.05, 3.63) is 74.1 Å². The minimum Gasteiger partial charge on any atom is -0.267 e. The number of aryl methyl sites for hydroxylation is 1. The number of hydrogen-bond acceptors (Lipinski definition) is 4. The number of amides is 1. The number of nitrogens with zero attached hydrogens (tertiary/aromatic N) is 3. The Balaban J connectivity index is 1.95. The smallest absolute Gasteiger partial charge is 0.267 e. The molecule has 8 heteroatoms. The fraction of sp³-hybridized carbons (Fsp3) is 0.158. The van der Waals surface area contributed by atoms with Crippen LogP contribution in [0.25, 0.3) is 10.8 Å². The molecule has 6 nitrogen and oxygen atoms in total. The van der Waals surface area contributed by atoms with Gasteiger partial charge in [0.15, 0.2) is 5.69 Å². The summed E-state index contributed by atoms with van der Waals surface area (Å²) >= 11 is 11.9. The lowest BCUT2D eigenvalue weighted by Gasteiger charge is -2.09. The first-order valence-corrected chi connectivity index (χ1v) is 8.98. The summed E-state index contributed by atoms with van der Waals surface area (Å²) in [6.45, 7) is 3.88. The monoisotopic (exact) mass is 402 g/mol. The highest BCUT2D eigenvalue weighted by Gasteiger charge is 2.16. The van der Waals surface area contributed by atoms with Crippen LogP contribution in [0.15, 0.2) is 52.4 Å². The van der Waals surface area contributed by atoms with Crippen molar-refractivity contribution in [2.75, 3.05) is 0 Å². The largest absolute Gasteiger partial charge is 0.292 e. The number of rotatable bonds is 4. The van der Waals surface area contributed by atoms with Gasteiger partial charge in [0.2, 0.25) is 0 Å². The summed E-state index contributed by atoms with van der Waals surface area (Å²) in [5.41, 5.74) is 3.66. The van der Waals surface area contributed by atoms with Crippen LogP contribution in [0, 0.1) is 0 Å². The fourth-order valence-electron chi connectivity index (χ4n) is 2.59. The first-order valence-electron chi connectivity index (χ1n) is 8.22. The molecule has 0 aliphatic carbocycles. The Labute approximate surface area is 165 Å². The molecule has 2 aromatic carbocycles. The van der Waals surface area contributed by atoms with E-state index in [9.17, 15) is 9.59 Å². The summed E-state index contributed by atoms with van der Waals surface area (Å²) in [5, 5.41) is 10.0. The van der Waals surface area contributed by atoms with Gasteiger partial charge in [0.1, 0.15) is 0 Å². The SMILES string of the molecule is CCn1nc(C(=O)N/N=C(\C)c2ccc(Cl)c(Cl)c2)c2ccccc2c1=O.